The zero-order valence-corrected chi connectivity index (χ0v) is 12.3. The highest BCUT2D eigenvalue weighted by atomic mass is 32.2. The quantitative estimate of drug-likeness (QED) is 0.885. The Hall–Kier alpha value is -1.44. The van der Waals surface area contributed by atoms with Gasteiger partial charge < -0.3 is 5.32 Å². The number of hydrogen-bond acceptors (Lipinski definition) is 5. The van der Waals surface area contributed by atoms with Gasteiger partial charge >= 0.3 is 0 Å². The van der Waals surface area contributed by atoms with Crippen LogP contribution in [0.1, 0.15) is 10.4 Å². The summed E-state index contributed by atoms with van der Waals surface area (Å²) in [4.78, 5) is 4.92. The highest BCUT2D eigenvalue weighted by molar-refractivity contribution is 7.94. The Kier molecular flexibility index (Phi) is 4.18. The minimum absolute atomic E-state index is 0.314. The molecule has 0 bridgehead atoms. The number of anilines is 1. The molecule has 2 N–H and O–H groups in total. The number of sulfonamides is 1. The zero-order valence-electron chi connectivity index (χ0n) is 10.7. The Labute approximate surface area is 116 Å². The molecule has 0 saturated carbocycles. The van der Waals surface area contributed by atoms with Crippen molar-refractivity contribution in [1.82, 2.24) is 10.3 Å². The van der Waals surface area contributed by atoms with Crippen LogP contribution < -0.4 is 10.0 Å². The van der Waals surface area contributed by atoms with Crippen LogP contribution in [-0.4, -0.2) is 20.4 Å². The molecule has 2 heterocycles. The minimum atomic E-state index is -3.52. The molecule has 0 fully saturated rings. The molecule has 7 heteroatoms. The van der Waals surface area contributed by atoms with Gasteiger partial charge in [0, 0.05) is 23.8 Å². The lowest BCUT2D eigenvalue weighted by molar-refractivity contribution is 0.603. The lowest BCUT2D eigenvalue weighted by Crippen LogP contribution is -2.12. The Morgan fingerprint density at radius 2 is 2.11 bits per heavy atom. The van der Waals surface area contributed by atoms with E-state index in [1.165, 1.54) is 11.3 Å². The molecule has 2 rings (SSSR count). The maximum Gasteiger partial charge on any atom is 0.271 e. The van der Waals surface area contributed by atoms with E-state index in [9.17, 15) is 8.42 Å². The Balaban J connectivity index is 2.25. The molecule has 0 amide bonds. The molecule has 0 aliphatic carbocycles. The third-order valence-electron chi connectivity index (χ3n) is 2.52. The van der Waals surface area contributed by atoms with Crippen molar-refractivity contribution in [3.8, 4) is 0 Å². The molecule has 0 radical (unpaired) electrons. The Morgan fingerprint density at radius 1 is 1.32 bits per heavy atom. The molecule has 0 aliphatic rings. The van der Waals surface area contributed by atoms with Crippen LogP contribution in [0, 0.1) is 6.92 Å². The number of aromatic nitrogens is 1. The van der Waals surface area contributed by atoms with E-state index < -0.39 is 10.0 Å². The summed E-state index contributed by atoms with van der Waals surface area (Å²) in [6.45, 7) is 2.47. The van der Waals surface area contributed by atoms with Gasteiger partial charge in [0.25, 0.3) is 10.0 Å². The van der Waals surface area contributed by atoms with Crippen molar-refractivity contribution in [2.45, 2.75) is 17.7 Å². The second-order valence-corrected chi connectivity index (χ2v) is 7.12. The monoisotopic (exact) mass is 297 g/mol. The Morgan fingerprint density at radius 3 is 2.79 bits per heavy atom. The fraction of sp³-hybridized carbons (Fsp3) is 0.250. The van der Waals surface area contributed by atoms with Crippen molar-refractivity contribution in [3.05, 3.63) is 41.0 Å². The van der Waals surface area contributed by atoms with Gasteiger partial charge in [0.05, 0.1) is 5.69 Å². The van der Waals surface area contributed by atoms with Crippen LogP contribution in [0.4, 0.5) is 5.69 Å². The number of hydrogen-bond donors (Lipinski definition) is 2. The van der Waals surface area contributed by atoms with E-state index in [-0.39, 0.29) is 0 Å². The van der Waals surface area contributed by atoms with Gasteiger partial charge in [-0.05, 0) is 37.7 Å². The molecule has 0 atom stereocenters. The topological polar surface area (TPSA) is 71.1 Å². The molecule has 2 aromatic heterocycles. The van der Waals surface area contributed by atoms with Crippen LogP contribution in [-0.2, 0) is 16.6 Å². The van der Waals surface area contributed by atoms with Crippen molar-refractivity contribution in [2.24, 2.45) is 0 Å². The van der Waals surface area contributed by atoms with Gasteiger partial charge in [-0.25, -0.2) is 8.42 Å². The van der Waals surface area contributed by atoms with Crippen molar-refractivity contribution in [3.63, 3.8) is 0 Å². The first kappa shape index (κ1) is 14.0. The maximum absolute atomic E-state index is 12.2. The number of rotatable bonds is 5. The molecule has 19 heavy (non-hydrogen) atoms. The van der Waals surface area contributed by atoms with Crippen molar-refractivity contribution in [2.75, 3.05) is 11.8 Å². The second kappa shape index (κ2) is 5.68. The van der Waals surface area contributed by atoms with Crippen molar-refractivity contribution in [1.29, 1.82) is 0 Å². The van der Waals surface area contributed by atoms with Gasteiger partial charge in [-0.2, -0.15) is 0 Å². The number of pyridine rings is 1. The lowest BCUT2D eigenvalue weighted by Gasteiger charge is -2.08. The normalized spacial score (nSPS) is 11.5. The average molecular weight is 297 g/mol. The van der Waals surface area contributed by atoms with E-state index in [0.717, 1.165) is 10.4 Å². The third-order valence-corrected chi connectivity index (χ3v) is 5.46. The van der Waals surface area contributed by atoms with Crippen LogP contribution >= 0.6 is 11.3 Å². The van der Waals surface area contributed by atoms with Crippen LogP contribution in [0.5, 0.6) is 0 Å². The largest absolute Gasteiger partial charge is 0.315 e. The summed E-state index contributed by atoms with van der Waals surface area (Å²) < 4.78 is 27.4. The molecule has 0 saturated heterocycles. The van der Waals surface area contributed by atoms with E-state index in [1.807, 2.05) is 20.0 Å². The summed E-state index contributed by atoms with van der Waals surface area (Å²) in [6.07, 6.45) is 3.18. The van der Waals surface area contributed by atoms with Crippen LogP contribution in [0.15, 0.2) is 34.8 Å². The van der Waals surface area contributed by atoms with Crippen LogP contribution in [0.3, 0.4) is 0 Å². The van der Waals surface area contributed by atoms with E-state index in [4.69, 9.17) is 0 Å². The molecule has 0 aromatic carbocycles. The zero-order chi connectivity index (χ0) is 13.9. The van der Waals surface area contributed by atoms with Crippen molar-refractivity contribution < 1.29 is 8.42 Å². The number of nitrogens with zero attached hydrogens (tertiary/aromatic N) is 1. The molecule has 0 unspecified atom stereocenters. The summed E-state index contributed by atoms with van der Waals surface area (Å²) in [5, 5.41) is 2.99. The second-order valence-electron chi connectivity index (χ2n) is 4.05. The summed E-state index contributed by atoms with van der Waals surface area (Å²) >= 11 is 1.26. The van der Waals surface area contributed by atoms with E-state index >= 15 is 0 Å². The smallest absolute Gasteiger partial charge is 0.271 e. The first-order valence-corrected chi connectivity index (χ1v) is 7.99. The van der Waals surface area contributed by atoms with E-state index in [1.54, 1.807) is 24.5 Å². The fourth-order valence-corrected chi connectivity index (χ4v) is 4.05. The molecule has 5 nitrogen and oxygen atoms in total. The SMILES string of the molecule is CNCc1ccc(S(=O)(=O)Nc2ccncc2C)s1. The van der Waals surface area contributed by atoms with Crippen LogP contribution in [0.2, 0.25) is 0 Å². The van der Waals surface area contributed by atoms with Gasteiger partial charge in [0.15, 0.2) is 0 Å². The lowest BCUT2D eigenvalue weighted by atomic mass is 10.3. The predicted molar refractivity (Wildman–Crippen MR) is 76.9 cm³/mol. The first-order valence-electron chi connectivity index (χ1n) is 5.69. The number of aryl methyl sites for hydroxylation is 1. The van der Waals surface area contributed by atoms with Gasteiger partial charge in [-0.1, -0.05) is 0 Å². The summed E-state index contributed by atoms with van der Waals surface area (Å²) in [7, 11) is -1.69. The highest BCUT2D eigenvalue weighted by Crippen LogP contribution is 2.24. The van der Waals surface area contributed by atoms with Crippen molar-refractivity contribution >= 4 is 27.0 Å². The van der Waals surface area contributed by atoms with E-state index in [2.05, 4.69) is 15.0 Å². The molecular weight excluding hydrogens is 282 g/mol. The Bertz CT molecular complexity index is 665. The molecule has 102 valence electrons. The highest BCUT2D eigenvalue weighted by Gasteiger charge is 2.17. The molecular formula is C12H15N3O2S2. The summed E-state index contributed by atoms with van der Waals surface area (Å²) in [5.74, 6) is 0. The summed E-state index contributed by atoms with van der Waals surface area (Å²) in [6, 6.07) is 5.08. The first-order chi connectivity index (χ1) is 9.03. The number of thiophene rings is 1. The van der Waals surface area contributed by atoms with Gasteiger partial charge in [-0.3, -0.25) is 9.71 Å². The summed E-state index contributed by atoms with van der Waals surface area (Å²) in [5.41, 5.74) is 1.34. The van der Waals surface area contributed by atoms with Gasteiger partial charge in [0.1, 0.15) is 4.21 Å². The molecule has 0 aliphatic heterocycles. The standard InChI is InChI=1S/C12H15N3O2S2/c1-9-7-14-6-5-11(9)15-19(16,17)12-4-3-10(18-12)8-13-2/h3-7,13H,8H2,1-2H3,(H,14,15). The van der Waals surface area contributed by atoms with Gasteiger partial charge in [-0.15, -0.1) is 11.3 Å². The minimum Gasteiger partial charge on any atom is -0.315 e. The average Bonchev–Trinajstić information content (AvgIpc) is 2.82. The number of nitrogens with one attached hydrogen (secondary N) is 2. The predicted octanol–water partition coefficient (Wildman–Crippen LogP) is 1.97. The molecule has 0 spiro atoms. The van der Waals surface area contributed by atoms with Gasteiger partial charge in [0.2, 0.25) is 0 Å². The van der Waals surface area contributed by atoms with Crippen LogP contribution in [0.25, 0.3) is 0 Å². The maximum atomic E-state index is 12.2. The van der Waals surface area contributed by atoms with E-state index in [0.29, 0.717) is 16.4 Å². The fourth-order valence-electron chi connectivity index (χ4n) is 1.55. The molecule has 2 aromatic rings. The third kappa shape index (κ3) is 3.31.